The molecule has 1 aromatic carbocycles. The van der Waals surface area contributed by atoms with E-state index >= 15 is 0 Å². The first kappa shape index (κ1) is 12.1. The Morgan fingerprint density at radius 1 is 1.19 bits per heavy atom. The topological polar surface area (TPSA) is 29.3 Å². The van der Waals surface area contributed by atoms with Gasteiger partial charge in [0.25, 0.3) is 0 Å². The number of nitrogens with zero attached hydrogens (tertiary/aromatic N) is 1. The number of rotatable bonds is 3. The highest BCUT2D eigenvalue weighted by Gasteiger charge is 2.22. The maximum atomic E-state index is 5.94. The molecule has 0 unspecified atom stereocenters. The van der Waals surface area contributed by atoms with Crippen LogP contribution in [0.1, 0.15) is 30.9 Å². The Balaban J connectivity index is 2.18. The van der Waals surface area contributed by atoms with Gasteiger partial charge >= 0.3 is 0 Å². The molecule has 0 aliphatic carbocycles. The minimum Gasteiger partial charge on any atom is -0.329 e. The van der Waals surface area contributed by atoms with Gasteiger partial charge in [-0.1, -0.05) is 40.5 Å². The second-order valence-corrected chi connectivity index (χ2v) is 5.22. The number of likely N-dealkylation sites (tertiary alicyclic amines) is 1. The SMILES string of the molecule is NC[C@@H](c1ccccc1Br)N1CCCCC1. The molecule has 2 nitrogen and oxygen atoms in total. The van der Waals surface area contributed by atoms with Gasteiger partial charge in [-0.05, 0) is 37.6 Å². The van der Waals surface area contributed by atoms with Crippen LogP contribution in [0.3, 0.4) is 0 Å². The molecule has 0 amide bonds. The molecule has 0 radical (unpaired) electrons. The Kier molecular flexibility index (Phi) is 4.38. The Morgan fingerprint density at radius 3 is 2.50 bits per heavy atom. The molecule has 1 saturated heterocycles. The third-order valence-electron chi connectivity index (χ3n) is 3.32. The lowest BCUT2D eigenvalue weighted by atomic mass is 10.0. The van der Waals surface area contributed by atoms with Crippen molar-refractivity contribution in [1.82, 2.24) is 4.90 Å². The standard InChI is InChI=1S/C13H19BrN2/c14-12-7-3-2-6-11(12)13(10-15)16-8-4-1-5-9-16/h2-3,6-7,13H,1,4-5,8-10,15H2/t13-/m0/s1. The summed E-state index contributed by atoms with van der Waals surface area (Å²) in [5.41, 5.74) is 7.27. The fourth-order valence-corrected chi connectivity index (χ4v) is 3.00. The summed E-state index contributed by atoms with van der Waals surface area (Å²) in [5, 5.41) is 0. The third kappa shape index (κ3) is 2.65. The normalized spacial score (nSPS) is 19.6. The summed E-state index contributed by atoms with van der Waals surface area (Å²) in [5.74, 6) is 0. The molecule has 1 atom stereocenters. The van der Waals surface area contributed by atoms with Crippen molar-refractivity contribution in [2.24, 2.45) is 5.73 Å². The molecule has 1 aliphatic heterocycles. The van der Waals surface area contributed by atoms with Crippen molar-refractivity contribution < 1.29 is 0 Å². The van der Waals surface area contributed by atoms with E-state index in [4.69, 9.17) is 5.73 Å². The van der Waals surface area contributed by atoms with Gasteiger partial charge in [-0.3, -0.25) is 4.90 Å². The van der Waals surface area contributed by atoms with E-state index in [0.717, 1.165) is 0 Å². The van der Waals surface area contributed by atoms with Crippen molar-refractivity contribution in [2.75, 3.05) is 19.6 Å². The zero-order valence-corrected chi connectivity index (χ0v) is 11.1. The summed E-state index contributed by atoms with van der Waals surface area (Å²) in [6.45, 7) is 3.06. The lowest BCUT2D eigenvalue weighted by Gasteiger charge is -2.34. The highest BCUT2D eigenvalue weighted by atomic mass is 79.9. The van der Waals surface area contributed by atoms with E-state index in [1.165, 1.54) is 42.4 Å². The average Bonchev–Trinajstić information content (AvgIpc) is 2.34. The van der Waals surface area contributed by atoms with E-state index in [1.807, 2.05) is 0 Å². The van der Waals surface area contributed by atoms with Crippen LogP contribution in [0, 0.1) is 0 Å². The van der Waals surface area contributed by atoms with Gasteiger partial charge in [0.2, 0.25) is 0 Å². The number of hydrogen-bond acceptors (Lipinski definition) is 2. The Labute approximate surface area is 106 Å². The van der Waals surface area contributed by atoms with Gasteiger partial charge in [0, 0.05) is 17.1 Å². The lowest BCUT2D eigenvalue weighted by Crippen LogP contribution is -2.37. The maximum absolute atomic E-state index is 5.94. The molecule has 0 bridgehead atoms. The van der Waals surface area contributed by atoms with Gasteiger partial charge in [0.15, 0.2) is 0 Å². The fraction of sp³-hybridized carbons (Fsp3) is 0.538. The number of halogens is 1. The Hall–Kier alpha value is -0.380. The van der Waals surface area contributed by atoms with Crippen LogP contribution in [0.5, 0.6) is 0 Å². The van der Waals surface area contributed by atoms with Crippen molar-refractivity contribution in [3.63, 3.8) is 0 Å². The molecule has 1 aliphatic rings. The first-order chi connectivity index (χ1) is 7.83. The van der Waals surface area contributed by atoms with Crippen LogP contribution in [0.2, 0.25) is 0 Å². The molecule has 0 spiro atoms. The number of nitrogens with two attached hydrogens (primary N) is 1. The predicted molar refractivity (Wildman–Crippen MR) is 71.4 cm³/mol. The summed E-state index contributed by atoms with van der Waals surface area (Å²) >= 11 is 3.62. The van der Waals surface area contributed by atoms with Crippen LogP contribution < -0.4 is 5.73 Å². The van der Waals surface area contributed by atoms with E-state index in [-0.39, 0.29) is 0 Å². The predicted octanol–water partition coefficient (Wildman–Crippen LogP) is 2.93. The van der Waals surface area contributed by atoms with Crippen LogP contribution in [0.4, 0.5) is 0 Å². The average molecular weight is 283 g/mol. The molecule has 3 heteroatoms. The Bertz CT molecular complexity index is 334. The summed E-state index contributed by atoms with van der Waals surface area (Å²) in [7, 11) is 0. The van der Waals surface area contributed by atoms with Crippen molar-refractivity contribution in [3.8, 4) is 0 Å². The zero-order chi connectivity index (χ0) is 11.4. The molecule has 1 heterocycles. The smallest absolute Gasteiger partial charge is 0.0481 e. The highest BCUT2D eigenvalue weighted by Crippen LogP contribution is 2.29. The quantitative estimate of drug-likeness (QED) is 0.924. The van der Waals surface area contributed by atoms with Gasteiger partial charge in [-0.15, -0.1) is 0 Å². The van der Waals surface area contributed by atoms with Crippen molar-refractivity contribution in [2.45, 2.75) is 25.3 Å². The monoisotopic (exact) mass is 282 g/mol. The molecule has 16 heavy (non-hydrogen) atoms. The molecule has 2 N–H and O–H groups in total. The molecule has 1 aromatic rings. The van der Waals surface area contributed by atoms with Crippen molar-refractivity contribution >= 4 is 15.9 Å². The first-order valence-corrected chi connectivity index (χ1v) is 6.81. The van der Waals surface area contributed by atoms with Gasteiger partial charge in [0.05, 0.1) is 0 Å². The number of benzene rings is 1. The largest absolute Gasteiger partial charge is 0.329 e. The van der Waals surface area contributed by atoms with Crippen LogP contribution in [0.25, 0.3) is 0 Å². The number of hydrogen-bond donors (Lipinski definition) is 1. The van der Waals surface area contributed by atoms with Gasteiger partial charge in [0.1, 0.15) is 0 Å². The third-order valence-corrected chi connectivity index (χ3v) is 4.04. The van der Waals surface area contributed by atoms with E-state index < -0.39 is 0 Å². The second-order valence-electron chi connectivity index (χ2n) is 4.37. The summed E-state index contributed by atoms with van der Waals surface area (Å²) in [6.07, 6.45) is 3.98. The van der Waals surface area contributed by atoms with Crippen LogP contribution in [0.15, 0.2) is 28.7 Å². The van der Waals surface area contributed by atoms with Crippen LogP contribution in [-0.2, 0) is 0 Å². The van der Waals surface area contributed by atoms with Crippen LogP contribution in [-0.4, -0.2) is 24.5 Å². The molecule has 1 fully saturated rings. The maximum Gasteiger partial charge on any atom is 0.0481 e. The van der Waals surface area contributed by atoms with Gasteiger partial charge in [-0.25, -0.2) is 0 Å². The van der Waals surface area contributed by atoms with Crippen molar-refractivity contribution in [3.05, 3.63) is 34.3 Å². The van der Waals surface area contributed by atoms with Crippen molar-refractivity contribution in [1.29, 1.82) is 0 Å². The summed E-state index contributed by atoms with van der Waals surface area (Å²) < 4.78 is 1.18. The lowest BCUT2D eigenvalue weighted by molar-refractivity contribution is 0.167. The Morgan fingerprint density at radius 2 is 1.88 bits per heavy atom. The van der Waals surface area contributed by atoms with E-state index in [2.05, 4.69) is 45.1 Å². The minimum absolute atomic E-state index is 0.371. The van der Waals surface area contributed by atoms with Crippen LogP contribution >= 0.6 is 15.9 Å². The second kappa shape index (κ2) is 5.80. The first-order valence-electron chi connectivity index (χ1n) is 6.01. The summed E-state index contributed by atoms with van der Waals surface area (Å²) in [6, 6.07) is 8.79. The molecule has 88 valence electrons. The fourth-order valence-electron chi connectivity index (χ4n) is 2.45. The van der Waals surface area contributed by atoms with E-state index in [0.29, 0.717) is 12.6 Å². The highest BCUT2D eigenvalue weighted by molar-refractivity contribution is 9.10. The number of piperidine rings is 1. The van der Waals surface area contributed by atoms with E-state index in [9.17, 15) is 0 Å². The van der Waals surface area contributed by atoms with Gasteiger partial charge < -0.3 is 5.73 Å². The van der Waals surface area contributed by atoms with E-state index in [1.54, 1.807) is 0 Å². The molecule has 2 rings (SSSR count). The summed E-state index contributed by atoms with van der Waals surface area (Å²) in [4.78, 5) is 2.52. The molecule has 0 aromatic heterocycles. The molecular formula is C13H19BrN2. The minimum atomic E-state index is 0.371. The van der Waals surface area contributed by atoms with Gasteiger partial charge in [-0.2, -0.15) is 0 Å². The zero-order valence-electron chi connectivity index (χ0n) is 9.53. The molecule has 0 saturated carbocycles. The molecular weight excluding hydrogens is 264 g/mol.